The molecule has 26 heavy (non-hydrogen) atoms. The van der Waals surface area contributed by atoms with Crippen LogP contribution in [0.15, 0.2) is 53.5 Å². The number of hydrogen-bond acceptors (Lipinski definition) is 5. The largest absolute Gasteiger partial charge is 0.315 e. The third-order valence-corrected chi connectivity index (χ3v) is 7.44. The molecule has 0 unspecified atom stereocenters. The predicted molar refractivity (Wildman–Crippen MR) is 105 cm³/mol. The lowest BCUT2D eigenvalue weighted by molar-refractivity contribution is 0.601. The summed E-state index contributed by atoms with van der Waals surface area (Å²) in [6, 6.07) is 14.1. The monoisotopic (exact) mass is 390 g/mol. The second kappa shape index (κ2) is 6.70. The van der Waals surface area contributed by atoms with Crippen LogP contribution in [0.4, 0.5) is 10.1 Å². The summed E-state index contributed by atoms with van der Waals surface area (Å²) in [5.74, 6) is 0.655. The van der Waals surface area contributed by atoms with Crippen LogP contribution in [-0.2, 0) is 15.6 Å². The number of rotatable bonds is 3. The van der Waals surface area contributed by atoms with Gasteiger partial charge in [-0.3, -0.25) is 4.99 Å². The van der Waals surface area contributed by atoms with Crippen molar-refractivity contribution < 1.29 is 12.8 Å². The van der Waals surface area contributed by atoms with Gasteiger partial charge in [0.2, 0.25) is 0 Å². The Balaban J connectivity index is 1.60. The van der Waals surface area contributed by atoms with Crippen LogP contribution in [0.3, 0.4) is 0 Å². The lowest BCUT2D eigenvalue weighted by atomic mass is 10.1. The van der Waals surface area contributed by atoms with E-state index in [9.17, 15) is 12.8 Å². The summed E-state index contributed by atoms with van der Waals surface area (Å²) in [5, 5.41) is 0.836. The zero-order chi connectivity index (χ0) is 18.3. The highest BCUT2D eigenvalue weighted by atomic mass is 32.2. The highest BCUT2D eigenvalue weighted by molar-refractivity contribution is 8.13. The Morgan fingerprint density at radius 1 is 1.12 bits per heavy atom. The van der Waals surface area contributed by atoms with Gasteiger partial charge in [0.05, 0.1) is 23.6 Å². The summed E-state index contributed by atoms with van der Waals surface area (Å²) in [4.78, 5) is 6.77. The lowest BCUT2D eigenvalue weighted by Crippen LogP contribution is -2.39. The summed E-state index contributed by atoms with van der Waals surface area (Å²) in [7, 11) is -3.05. The number of halogens is 1. The van der Waals surface area contributed by atoms with E-state index in [0.717, 1.165) is 22.0 Å². The molecule has 0 aliphatic carbocycles. The molecule has 0 saturated carbocycles. The molecule has 2 atom stereocenters. The van der Waals surface area contributed by atoms with Gasteiger partial charge in [-0.25, -0.2) is 12.8 Å². The maximum absolute atomic E-state index is 13.1. The summed E-state index contributed by atoms with van der Waals surface area (Å²) in [6.45, 7) is 2.02. The maximum Gasteiger partial charge on any atom is 0.164 e. The third-order valence-electron chi connectivity index (χ3n) is 4.70. The predicted octanol–water partition coefficient (Wildman–Crippen LogP) is 3.41. The SMILES string of the molecule is Cc1ccc(N2C(SCc3ccc(F)cc3)=N[C@H]3CS(=O)(=O)C[C@H]32)cc1. The first kappa shape index (κ1) is 17.5. The van der Waals surface area contributed by atoms with E-state index in [2.05, 4.69) is 4.90 Å². The first-order valence-corrected chi connectivity index (χ1v) is 11.2. The van der Waals surface area contributed by atoms with Crippen molar-refractivity contribution in [3.05, 3.63) is 65.5 Å². The number of anilines is 1. The molecule has 2 aliphatic heterocycles. The number of sulfone groups is 1. The van der Waals surface area contributed by atoms with Gasteiger partial charge in [-0.1, -0.05) is 41.6 Å². The Labute approximate surface area is 157 Å². The highest BCUT2D eigenvalue weighted by Crippen LogP contribution is 2.36. The zero-order valence-electron chi connectivity index (χ0n) is 14.3. The molecule has 2 aromatic carbocycles. The van der Waals surface area contributed by atoms with Crippen molar-refractivity contribution in [3.8, 4) is 0 Å². The van der Waals surface area contributed by atoms with Crippen molar-refractivity contribution in [2.45, 2.75) is 24.8 Å². The standard InChI is InChI=1S/C19H19FN2O2S2/c1-13-2-8-16(9-3-13)22-18-12-26(23,24)11-17(18)21-19(22)25-10-14-4-6-15(20)7-5-14/h2-9,17-18H,10-12H2,1H3/t17-,18+/m0/s1. The molecule has 0 amide bonds. The molecule has 0 N–H and O–H groups in total. The third kappa shape index (κ3) is 3.50. The molecule has 4 rings (SSSR count). The molecule has 4 nitrogen and oxygen atoms in total. The number of aryl methyl sites for hydroxylation is 1. The minimum absolute atomic E-state index is 0.112. The molecule has 2 aromatic rings. The van der Waals surface area contributed by atoms with Crippen LogP contribution in [0.25, 0.3) is 0 Å². The number of aliphatic imine (C=N–C) groups is 1. The van der Waals surface area contributed by atoms with Crippen LogP contribution < -0.4 is 4.90 Å². The van der Waals surface area contributed by atoms with Crippen molar-refractivity contribution in [2.75, 3.05) is 16.4 Å². The Morgan fingerprint density at radius 2 is 1.81 bits per heavy atom. The van der Waals surface area contributed by atoms with Crippen molar-refractivity contribution in [1.82, 2.24) is 0 Å². The van der Waals surface area contributed by atoms with Crippen LogP contribution in [0.5, 0.6) is 0 Å². The maximum atomic E-state index is 13.1. The molecule has 0 bridgehead atoms. The Bertz CT molecular complexity index is 941. The quantitative estimate of drug-likeness (QED) is 0.806. The van der Waals surface area contributed by atoms with Gasteiger partial charge >= 0.3 is 0 Å². The first-order chi connectivity index (χ1) is 12.4. The zero-order valence-corrected chi connectivity index (χ0v) is 15.9. The summed E-state index contributed by atoms with van der Waals surface area (Å²) in [6.07, 6.45) is 0. The van der Waals surface area contributed by atoms with Crippen LogP contribution in [0.2, 0.25) is 0 Å². The van der Waals surface area contributed by atoms with Gasteiger partial charge in [0.15, 0.2) is 15.0 Å². The van der Waals surface area contributed by atoms with E-state index in [0.29, 0.717) is 5.75 Å². The number of thioether (sulfide) groups is 1. The second-order valence-corrected chi connectivity index (χ2v) is 9.84. The molecular weight excluding hydrogens is 371 g/mol. The lowest BCUT2D eigenvalue weighted by Gasteiger charge is -2.26. The van der Waals surface area contributed by atoms with Crippen LogP contribution in [0.1, 0.15) is 11.1 Å². The van der Waals surface area contributed by atoms with Crippen LogP contribution in [0, 0.1) is 12.7 Å². The molecular formula is C19H19FN2O2S2. The first-order valence-electron chi connectivity index (χ1n) is 8.43. The van der Waals surface area contributed by atoms with E-state index in [1.807, 2.05) is 31.2 Å². The van der Waals surface area contributed by atoms with Gasteiger partial charge in [-0.15, -0.1) is 0 Å². The van der Waals surface area contributed by atoms with E-state index < -0.39 is 9.84 Å². The Hall–Kier alpha value is -1.86. The molecule has 2 heterocycles. The Kier molecular flexibility index (Phi) is 4.52. The van der Waals surface area contributed by atoms with E-state index in [4.69, 9.17) is 4.99 Å². The molecule has 1 fully saturated rings. The molecule has 0 radical (unpaired) electrons. The molecule has 7 heteroatoms. The van der Waals surface area contributed by atoms with E-state index >= 15 is 0 Å². The fourth-order valence-corrected chi connectivity index (χ4v) is 6.29. The van der Waals surface area contributed by atoms with E-state index in [-0.39, 0.29) is 29.4 Å². The highest BCUT2D eigenvalue weighted by Gasteiger charge is 2.47. The molecule has 0 aromatic heterocycles. The van der Waals surface area contributed by atoms with Gasteiger partial charge < -0.3 is 4.90 Å². The summed E-state index contributed by atoms with van der Waals surface area (Å²) >= 11 is 1.57. The van der Waals surface area contributed by atoms with Gasteiger partial charge in [-0.2, -0.15) is 0 Å². The average molecular weight is 391 g/mol. The summed E-state index contributed by atoms with van der Waals surface area (Å²) < 4.78 is 37.2. The van der Waals surface area contributed by atoms with Crippen molar-refractivity contribution in [3.63, 3.8) is 0 Å². The van der Waals surface area contributed by atoms with Gasteiger partial charge in [0, 0.05) is 11.4 Å². The molecule has 0 spiro atoms. The van der Waals surface area contributed by atoms with Gasteiger partial charge in [0.25, 0.3) is 0 Å². The number of nitrogens with zero attached hydrogens (tertiary/aromatic N) is 2. The van der Waals surface area contributed by atoms with Crippen molar-refractivity contribution in [2.24, 2.45) is 4.99 Å². The topological polar surface area (TPSA) is 49.7 Å². The van der Waals surface area contributed by atoms with Crippen LogP contribution >= 0.6 is 11.8 Å². The fraction of sp³-hybridized carbons (Fsp3) is 0.316. The number of amidine groups is 1. The number of hydrogen-bond donors (Lipinski definition) is 0. The molecule has 2 aliphatic rings. The van der Waals surface area contributed by atoms with Gasteiger partial charge in [-0.05, 0) is 36.8 Å². The Morgan fingerprint density at radius 3 is 2.50 bits per heavy atom. The molecule has 136 valence electrons. The minimum Gasteiger partial charge on any atom is -0.315 e. The van der Waals surface area contributed by atoms with E-state index in [1.165, 1.54) is 12.1 Å². The van der Waals surface area contributed by atoms with Crippen LogP contribution in [-0.4, -0.2) is 37.2 Å². The molecule has 1 saturated heterocycles. The normalized spacial score (nSPS) is 23.8. The summed E-state index contributed by atoms with van der Waals surface area (Å²) in [5.41, 5.74) is 3.12. The van der Waals surface area contributed by atoms with Gasteiger partial charge in [0.1, 0.15) is 5.82 Å². The second-order valence-electron chi connectivity index (χ2n) is 6.74. The number of benzene rings is 2. The number of fused-ring (bicyclic) bond motifs is 1. The van der Waals surface area contributed by atoms with Crippen molar-refractivity contribution in [1.29, 1.82) is 0 Å². The smallest absolute Gasteiger partial charge is 0.164 e. The average Bonchev–Trinajstić information content (AvgIpc) is 3.06. The van der Waals surface area contributed by atoms with Crippen molar-refractivity contribution >= 4 is 32.5 Å². The minimum atomic E-state index is -3.05. The fourth-order valence-electron chi connectivity index (χ4n) is 3.37. The van der Waals surface area contributed by atoms with E-state index in [1.54, 1.807) is 23.9 Å².